The van der Waals surface area contributed by atoms with E-state index < -0.39 is 6.16 Å². The van der Waals surface area contributed by atoms with Gasteiger partial charge in [0.05, 0.1) is 60.8 Å². The Morgan fingerprint density at radius 3 is 2.04 bits per heavy atom. The largest absolute Gasteiger partial charge is 0.508 e. The summed E-state index contributed by atoms with van der Waals surface area (Å²) in [5.41, 5.74) is 0. The highest BCUT2D eigenvalue weighted by Gasteiger charge is 2.20. The summed E-state index contributed by atoms with van der Waals surface area (Å²) >= 11 is 0. The highest BCUT2D eigenvalue weighted by atomic mass is 16.7. The first kappa shape index (κ1) is 25.1. The lowest BCUT2D eigenvalue weighted by Crippen LogP contribution is -2.46. The summed E-state index contributed by atoms with van der Waals surface area (Å²) in [6.45, 7) is 9.59. The van der Waals surface area contributed by atoms with Crippen LogP contribution >= 0.6 is 0 Å². The first-order valence-electron chi connectivity index (χ1n) is 9.34. The summed E-state index contributed by atoms with van der Waals surface area (Å²) in [6, 6.07) is 0. The van der Waals surface area contributed by atoms with Crippen LogP contribution in [0.15, 0.2) is 0 Å². The molecule has 0 spiro atoms. The lowest BCUT2D eigenvalue weighted by Gasteiger charge is -2.31. The van der Waals surface area contributed by atoms with Crippen LogP contribution in [0, 0.1) is 0 Å². The minimum absolute atomic E-state index is 0.180. The van der Waals surface area contributed by atoms with E-state index in [1.165, 1.54) is 0 Å². The molecule has 1 unspecified atom stereocenters. The zero-order valence-electron chi connectivity index (χ0n) is 17.5. The van der Waals surface area contributed by atoms with Gasteiger partial charge in [0.2, 0.25) is 0 Å². The van der Waals surface area contributed by atoms with Crippen LogP contribution in [0.25, 0.3) is 0 Å². The topological polar surface area (TPSA) is 66.5 Å². The molecule has 0 aromatic rings. The molecule has 0 saturated heterocycles. The molecule has 8 nitrogen and oxygen atoms in total. The van der Waals surface area contributed by atoms with Gasteiger partial charge in [-0.25, -0.2) is 4.79 Å². The van der Waals surface area contributed by atoms with Crippen molar-refractivity contribution in [3.05, 3.63) is 0 Å². The summed E-state index contributed by atoms with van der Waals surface area (Å²) in [7, 11) is 8.61. The second kappa shape index (κ2) is 15.2. The zero-order chi connectivity index (χ0) is 19.8. The van der Waals surface area contributed by atoms with Gasteiger partial charge in [-0.05, 0) is 20.5 Å². The number of carbonyl (C=O) groups is 1. The number of quaternary nitrogens is 1. The van der Waals surface area contributed by atoms with Gasteiger partial charge < -0.3 is 33.1 Å². The van der Waals surface area contributed by atoms with Crippen LogP contribution in [-0.2, 0) is 23.7 Å². The van der Waals surface area contributed by atoms with Gasteiger partial charge in [0.15, 0.2) is 0 Å². The summed E-state index contributed by atoms with van der Waals surface area (Å²) < 4.78 is 27.1. The standard InChI is InChI=1S/C18H39N2O6/c1-7-19(3)15-17(16-20(4,5)6)25-13-11-22-9-10-23-12-14-26-18(21)24-8-2/h17H,7-16H2,1-6H3/q+1. The molecule has 0 rings (SSSR count). The number of hydrogen-bond donors (Lipinski definition) is 0. The maximum Gasteiger partial charge on any atom is 0.508 e. The van der Waals surface area contributed by atoms with E-state index in [0.29, 0.717) is 39.6 Å². The van der Waals surface area contributed by atoms with Crippen molar-refractivity contribution >= 4 is 6.16 Å². The molecule has 0 N–H and O–H groups in total. The summed E-state index contributed by atoms with van der Waals surface area (Å²) in [5.74, 6) is 0. The molecule has 0 radical (unpaired) electrons. The quantitative estimate of drug-likeness (QED) is 0.227. The van der Waals surface area contributed by atoms with E-state index in [1.807, 2.05) is 0 Å². The Morgan fingerprint density at radius 1 is 0.923 bits per heavy atom. The van der Waals surface area contributed by atoms with Crippen molar-refractivity contribution in [3.8, 4) is 0 Å². The SMILES string of the molecule is CCOC(=O)OCCOCCOCCOC(CN(C)CC)C[N+](C)(C)C. The van der Waals surface area contributed by atoms with Gasteiger partial charge in [-0.3, -0.25) is 0 Å². The number of hydrogen-bond acceptors (Lipinski definition) is 7. The van der Waals surface area contributed by atoms with Gasteiger partial charge in [-0.15, -0.1) is 0 Å². The Kier molecular flexibility index (Phi) is 14.6. The molecule has 8 heteroatoms. The fourth-order valence-electron chi connectivity index (χ4n) is 2.19. The average Bonchev–Trinajstić information content (AvgIpc) is 2.55. The molecule has 0 aliphatic rings. The van der Waals surface area contributed by atoms with Gasteiger partial charge in [-0.2, -0.15) is 0 Å². The number of rotatable bonds is 16. The normalized spacial score (nSPS) is 13.0. The Labute approximate surface area is 158 Å². The molecule has 0 aliphatic heterocycles. The van der Waals surface area contributed by atoms with Crippen molar-refractivity contribution in [1.29, 1.82) is 0 Å². The highest BCUT2D eigenvalue weighted by molar-refractivity contribution is 5.59. The van der Waals surface area contributed by atoms with Crippen LogP contribution in [0.3, 0.4) is 0 Å². The van der Waals surface area contributed by atoms with Gasteiger partial charge in [0.25, 0.3) is 0 Å². The van der Waals surface area contributed by atoms with E-state index in [2.05, 4.69) is 44.8 Å². The van der Waals surface area contributed by atoms with E-state index in [0.717, 1.165) is 24.1 Å². The van der Waals surface area contributed by atoms with Gasteiger partial charge in [0, 0.05) is 6.54 Å². The highest BCUT2D eigenvalue weighted by Crippen LogP contribution is 2.02. The molecule has 0 saturated carbocycles. The Bertz CT molecular complexity index is 349. The first-order chi connectivity index (χ1) is 12.3. The van der Waals surface area contributed by atoms with Crippen LogP contribution in [0.2, 0.25) is 0 Å². The number of ether oxygens (including phenoxy) is 5. The van der Waals surface area contributed by atoms with E-state index in [-0.39, 0.29) is 12.7 Å². The Hall–Kier alpha value is -0.930. The molecule has 0 amide bonds. The maximum atomic E-state index is 10.9. The summed E-state index contributed by atoms with van der Waals surface area (Å²) in [6.07, 6.45) is -0.485. The van der Waals surface area contributed by atoms with Crippen LogP contribution < -0.4 is 0 Å². The first-order valence-corrected chi connectivity index (χ1v) is 9.34. The third-order valence-corrected chi connectivity index (χ3v) is 3.47. The maximum absolute atomic E-state index is 10.9. The molecule has 0 aromatic carbocycles. The fourth-order valence-corrected chi connectivity index (χ4v) is 2.19. The van der Waals surface area contributed by atoms with Crippen LogP contribution in [-0.4, -0.2) is 116 Å². The lowest BCUT2D eigenvalue weighted by molar-refractivity contribution is -0.873. The second-order valence-corrected chi connectivity index (χ2v) is 7.08. The summed E-state index contributed by atoms with van der Waals surface area (Å²) in [5, 5.41) is 0. The molecular formula is C18H39N2O6+. The lowest BCUT2D eigenvalue weighted by atomic mass is 10.3. The van der Waals surface area contributed by atoms with E-state index >= 15 is 0 Å². The third kappa shape index (κ3) is 16.5. The van der Waals surface area contributed by atoms with Gasteiger partial charge >= 0.3 is 6.16 Å². The number of nitrogens with zero attached hydrogens (tertiary/aromatic N) is 2. The Balaban J connectivity index is 3.67. The molecular weight excluding hydrogens is 340 g/mol. The van der Waals surface area contributed by atoms with Crippen molar-refractivity contribution < 1.29 is 33.0 Å². The second-order valence-electron chi connectivity index (χ2n) is 7.08. The molecule has 26 heavy (non-hydrogen) atoms. The molecule has 0 bridgehead atoms. The third-order valence-electron chi connectivity index (χ3n) is 3.47. The van der Waals surface area contributed by atoms with Crippen LogP contribution in [0.1, 0.15) is 13.8 Å². The van der Waals surface area contributed by atoms with Crippen molar-refractivity contribution in [2.45, 2.75) is 20.0 Å². The Morgan fingerprint density at radius 2 is 1.50 bits per heavy atom. The van der Waals surface area contributed by atoms with Crippen molar-refractivity contribution in [2.24, 2.45) is 0 Å². The van der Waals surface area contributed by atoms with Gasteiger partial charge in [0.1, 0.15) is 19.3 Å². The van der Waals surface area contributed by atoms with E-state index in [1.54, 1.807) is 6.92 Å². The predicted molar refractivity (Wildman–Crippen MR) is 100 cm³/mol. The van der Waals surface area contributed by atoms with Crippen molar-refractivity contribution in [2.75, 3.05) is 94.1 Å². The summed E-state index contributed by atoms with van der Waals surface area (Å²) in [4.78, 5) is 13.2. The van der Waals surface area contributed by atoms with Crippen molar-refractivity contribution in [1.82, 2.24) is 4.90 Å². The predicted octanol–water partition coefficient (Wildman–Crippen LogP) is 1.24. The molecule has 0 heterocycles. The number of likely N-dealkylation sites (N-methyl/N-ethyl adjacent to an activating group) is 2. The average molecular weight is 380 g/mol. The minimum atomic E-state index is -0.665. The van der Waals surface area contributed by atoms with Crippen molar-refractivity contribution in [3.63, 3.8) is 0 Å². The van der Waals surface area contributed by atoms with E-state index in [9.17, 15) is 4.79 Å². The van der Waals surface area contributed by atoms with Crippen LogP contribution in [0.4, 0.5) is 4.79 Å². The zero-order valence-corrected chi connectivity index (χ0v) is 17.5. The van der Waals surface area contributed by atoms with Gasteiger partial charge in [-0.1, -0.05) is 6.92 Å². The smallest absolute Gasteiger partial charge is 0.435 e. The molecule has 1 atom stereocenters. The molecule has 0 aliphatic carbocycles. The van der Waals surface area contributed by atoms with Crippen LogP contribution in [0.5, 0.6) is 0 Å². The van der Waals surface area contributed by atoms with E-state index in [4.69, 9.17) is 18.9 Å². The monoisotopic (exact) mass is 379 g/mol. The minimum Gasteiger partial charge on any atom is -0.435 e. The number of carbonyl (C=O) groups excluding carboxylic acids is 1. The fraction of sp³-hybridized carbons (Fsp3) is 0.944. The molecule has 0 fully saturated rings. The molecule has 0 aromatic heterocycles. The molecule has 156 valence electrons.